The van der Waals surface area contributed by atoms with E-state index in [9.17, 15) is 18.0 Å². The van der Waals surface area contributed by atoms with E-state index in [1.54, 1.807) is 17.0 Å². The number of hydrogen-bond acceptors (Lipinski definition) is 5. The maximum absolute atomic E-state index is 12.8. The molecule has 0 aromatic carbocycles. The Balaban J connectivity index is 0.00000225. The molecule has 2 N–H and O–H groups in total. The molecule has 3 rings (SSSR count). The fraction of sp³-hybridized carbons (Fsp3) is 0.467. The number of likely N-dealkylation sites (tertiary alicyclic amines) is 1. The molecule has 25 heavy (non-hydrogen) atoms. The molecule has 2 aromatic heterocycles. The van der Waals surface area contributed by atoms with E-state index >= 15 is 0 Å². The molecule has 5 nitrogen and oxygen atoms in total. The number of alkyl halides is 3. The molecular weight excluding hydrogens is 379 g/mol. The van der Waals surface area contributed by atoms with E-state index in [0.717, 1.165) is 24.2 Å². The van der Waals surface area contributed by atoms with Crippen LogP contribution in [-0.2, 0) is 6.18 Å². The van der Waals surface area contributed by atoms with Crippen LogP contribution in [0.3, 0.4) is 0 Å². The Morgan fingerprint density at radius 2 is 2.16 bits per heavy atom. The van der Waals surface area contributed by atoms with E-state index in [4.69, 9.17) is 5.73 Å². The van der Waals surface area contributed by atoms with Crippen LogP contribution in [0.15, 0.2) is 16.7 Å². The van der Waals surface area contributed by atoms with Crippen molar-refractivity contribution in [2.24, 2.45) is 5.73 Å². The molecule has 0 unspecified atom stereocenters. The van der Waals surface area contributed by atoms with Crippen LogP contribution in [0.25, 0.3) is 10.6 Å². The highest BCUT2D eigenvalue weighted by molar-refractivity contribution is 7.17. The summed E-state index contributed by atoms with van der Waals surface area (Å²) in [6.45, 7) is 2.44. The lowest BCUT2D eigenvalue weighted by Crippen LogP contribution is -2.45. The van der Waals surface area contributed by atoms with Crippen molar-refractivity contribution >= 4 is 29.7 Å². The van der Waals surface area contributed by atoms with Gasteiger partial charge >= 0.3 is 6.18 Å². The molecule has 10 heteroatoms. The minimum atomic E-state index is -4.59. The smallest absolute Gasteiger partial charge is 0.351 e. The van der Waals surface area contributed by atoms with Crippen molar-refractivity contribution in [3.05, 3.63) is 28.3 Å². The number of amides is 1. The van der Waals surface area contributed by atoms with Crippen molar-refractivity contribution in [3.63, 3.8) is 0 Å². The fourth-order valence-corrected chi connectivity index (χ4v) is 3.77. The summed E-state index contributed by atoms with van der Waals surface area (Å²) >= 11 is 1.11. The van der Waals surface area contributed by atoms with Gasteiger partial charge in [-0.05, 0) is 31.9 Å². The van der Waals surface area contributed by atoms with E-state index in [2.05, 4.69) is 9.68 Å². The Morgan fingerprint density at radius 1 is 1.44 bits per heavy atom. The highest BCUT2D eigenvalue weighted by atomic mass is 35.5. The summed E-state index contributed by atoms with van der Waals surface area (Å²) in [7, 11) is 0. The van der Waals surface area contributed by atoms with Gasteiger partial charge in [0.1, 0.15) is 5.69 Å². The third-order valence-electron chi connectivity index (χ3n) is 3.98. The lowest BCUT2D eigenvalue weighted by molar-refractivity contribution is -0.156. The van der Waals surface area contributed by atoms with Crippen molar-refractivity contribution in [3.8, 4) is 10.6 Å². The van der Waals surface area contributed by atoms with E-state index < -0.39 is 11.9 Å². The number of nitrogens with zero attached hydrogens (tertiary/aromatic N) is 2. The van der Waals surface area contributed by atoms with Crippen LogP contribution in [0.2, 0.25) is 0 Å². The average Bonchev–Trinajstić information content (AvgIpc) is 3.12. The van der Waals surface area contributed by atoms with E-state index in [1.165, 1.54) is 6.92 Å². The average molecular weight is 396 g/mol. The molecule has 0 radical (unpaired) electrons. The molecule has 1 fully saturated rings. The maximum Gasteiger partial charge on any atom is 0.452 e. The van der Waals surface area contributed by atoms with Gasteiger partial charge in [0.2, 0.25) is 5.76 Å². The Kier molecular flexibility index (Phi) is 5.80. The van der Waals surface area contributed by atoms with Crippen molar-refractivity contribution in [1.29, 1.82) is 0 Å². The van der Waals surface area contributed by atoms with Gasteiger partial charge in [0, 0.05) is 24.7 Å². The van der Waals surface area contributed by atoms with E-state index in [-0.39, 0.29) is 35.6 Å². The van der Waals surface area contributed by atoms with Gasteiger partial charge in [0.05, 0.1) is 9.75 Å². The summed E-state index contributed by atoms with van der Waals surface area (Å²) in [6, 6.07) is 3.16. The molecular formula is C15H17ClF3N3O2S. The van der Waals surface area contributed by atoms with Gasteiger partial charge in [-0.2, -0.15) is 13.2 Å². The Morgan fingerprint density at radius 3 is 2.76 bits per heavy atom. The minimum Gasteiger partial charge on any atom is -0.351 e. The first-order valence-corrected chi connectivity index (χ1v) is 8.27. The van der Waals surface area contributed by atoms with Crippen LogP contribution in [0, 0.1) is 6.92 Å². The zero-order valence-electron chi connectivity index (χ0n) is 13.3. The highest BCUT2D eigenvalue weighted by Gasteiger charge is 2.39. The number of piperidine rings is 1. The number of halogens is 4. The number of hydrogen-bond donors (Lipinski definition) is 1. The van der Waals surface area contributed by atoms with Gasteiger partial charge < -0.3 is 15.2 Å². The molecule has 1 aliphatic rings. The predicted molar refractivity (Wildman–Crippen MR) is 89.9 cm³/mol. The Labute approximate surface area is 152 Å². The van der Waals surface area contributed by atoms with Crippen LogP contribution in [0.5, 0.6) is 0 Å². The predicted octanol–water partition coefficient (Wildman–Crippen LogP) is 3.72. The third-order valence-corrected chi connectivity index (χ3v) is 5.06. The number of rotatable bonds is 2. The Bertz CT molecular complexity index is 760. The number of carbonyl (C=O) groups excluding carboxylic acids is 1. The molecule has 0 saturated carbocycles. The lowest BCUT2D eigenvalue weighted by atomic mass is 10.1. The van der Waals surface area contributed by atoms with E-state index in [1.807, 2.05) is 0 Å². The van der Waals surface area contributed by atoms with Crippen molar-refractivity contribution < 1.29 is 22.5 Å². The fourth-order valence-electron chi connectivity index (χ4n) is 2.76. The van der Waals surface area contributed by atoms with Crippen molar-refractivity contribution in [2.75, 3.05) is 13.1 Å². The molecule has 1 saturated heterocycles. The van der Waals surface area contributed by atoms with Crippen LogP contribution >= 0.6 is 23.7 Å². The van der Waals surface area contributed by atoms with Crippen molar-refractivity contribution in [2.45, 2.75) is 32.0 Å². The first kappa shape index (κ1) is 19.7. The minimum absolute atomic E-state index is 0. The summed E-state index contributed by atoms with van der Waals surface area (Å²) in [5, 5.41) is 3.52. The number of nitrogens with two attached hydrogens (primary N) is 1. The second kappa shape index (κ2) is 7.35. The summed E-state index contributed by atoms with van der Waals surface area (Å²) in [4.78, 5) is 15.1. The summed E-state index contributed by atoms with van der Waals surface area (Å²) in [6.07, 6.45) is -2.85. The van der Waals surface area contributed by atoms with Crippen LogP contribution in [0.4, 0.5) is 13.2 Å². The topological polar surface area (TPSA) is 72.4 Å². The summed E-state index contributed by atoms with van der Waals surface area (Å²) < 4.78 is 42.8. The van der Waals surface area contributed by atoms with Crippen LogP contribution in [-0.4, -0.2) is 35.1 Å². The van der Waals surface area contributed by atoms with Gasteiger partial charge in [0.25, 0.3) is 5.91 Å². The molecule has 0 aliphatic carbocycles. The second-order valence-corrected chi connectivity index (χ2v) is 6.88. The first-order valence-electron chi connectivity index (χ1n) is 7.46. The van der Waals surface area contributed by atoms with Crippen molar-refractivity contribution in [1.82, 2.24) is 10.1 Å². The quantitative estimate of drug-likeness (QED) is 0.841. The standard InChI is InChI=1S/C15H16F3N3O2S.ClH/c1-8-12(20-23-13(8)15(16,17)18)10-4-5-11(24-10)14(22)21-6-2-3-9(19)7-21;/h4-5,9H,2-3,6-7,19H2,1H3;1H/t9-;/m0./s1. The maximum atomic E-state index is 12.8. The third kappa shape index (κ3) is 3.99. The molecule has 2 aromatic rings. The summed E-state index contributed by atoms with van der Waals surface area (Å²) in [5.74, 6) is -1.26. The molecule has 1 atom stereocenters. The largest absolute Gasteiger partial charge is 0.452 e. The normalized spacial score (nSPS) is 18.1. The molecule has 1 aliphatic heterocycles. The lowest BCUT2D eigenvalue weighted by Gasteiger charge is -2.30. The first-order chi connectivity index (χ1) is 11.3. The monoisotopic (exact) mass is 395 g/mol. The number of thiophene rings is 1. The highest BCUT2D eigenvalue weighted by Crippen LogP contribution is 2.38. The molecule has 3 heterocycles. The van der Waals surface area contributed by atoms with Gasteiger partial charge in [-0.1, -0.05) is 5.16 Å². The second-order valence-electron chi connectivity index (χ2n) is 5.80. The Hall–Kier alpha value is -1.58. The van der Waals surface area contributed by atoms with Crippen LogP contribution in [0.1, 0.15) is 33.8 Å². The molecule has 1 amide bonds. The molecule has 0 spiro atoms. The molecule has 0 bridgehead atoms. The SMILES string of the molecule is Cc1c(-c2ccc(C(=O)N3CCC[C@H](N)C3)s2)noc1C(F)(F)F.Cl. The van der Waals surface area contributed by atoms with Crippen LogP contribution < -0.4 is 5.73 Å². The number of aromatic nitrogens is 1. The number of carbonyl (C=O) groups is 1. The summed E-state index contributed by atoms with van der Waals surface area (Å²) in [5.41, 5.74) is 5.91. The van der Waals surface area contributed by atoms with Gasteiger partial charge in [-0.15, -0.1) is 23.7 Å². The van der Waals surface area contributed by atoms with Gasteiger partial charge in [-0.25, -0.2) is 0 Å². The van der Waals surface area contributed by atoms with Gasteiger partial charge in [0.15, 0.2) is 0 Å². The molecule has 138 valence electrons. The zero-order chi connectivity index (χ0) is 17.5. The van der Waals surface area contributed by atoms with Gasteiger partial charge in [-0.3, -0.25) is 4.79 Å². The zero-order valence-corrected chi connectivity index (χ0v) is 14.9. The van der Waals surface area contributed by atoms with E-state index in [0.29, 0.717) is 22.8 Å².